The molecule has 34 heavy (non-hydrogen) atoms. The highest BCUT2D eigenvalue weighted by Gasteiger charge is 2.33. The van der Waals surface area contributed by atoms with Crippen LogP contribution in [0.1, 0.15) is 64.4 Å². The standard InChI is InChI=1S/C27H37F3O4/c1-20(2)34-26(31)15-7-5-4-6-11-21-16-17-25(32-3)24(21)14-8-9-18-33-23-13-10-12-22(19-23)27(28,29)30/h4,6,8,10,12-14,19-21,24-25H,5,7,9,11,15-18H2,1-3H3/b6-4-,14-8+/t21-,24+,25+/m0/s1. The van der Waals surface area contributed by atoms with E-state index in [1.807, 2.05) is 19.9 Å². The van der Waals surface area contributed by atoms with E-state index in [4.69, 9.17) is 14.2 Å². The van der Waals surface area contributed by atoms with Crippen molar-refractivity contribution in [1.82, 2.24) is 0 Å². The number of ether oxygens (including phenoxy) is 3. The summed E-state index contributed by atoms with van der Waals surface area (Å²) in [7, 11) is 1.73. The summed E-state index contributed by atoms with van der Waals surface area (Å²) in [5, 5.41) is 0. The Balaban J connectivity index is 1.75. The third-order valence-electron chi connectivity index (χ3n) is 5.90. The van der Waals surface area contributed by atoms with Crippen LogP contribution in [-0.4, -0.2) is 31.9 Å². The van der Waals surface area contributed by atoms with Crippen LogP contribution in [0.3, 0.4) is 0 Å². The molecule has 0 radical (unpaired) electrons. The smallest absolute Gasteiger partial charge is 0.416 e. The van der Waals surface area contributed by atoms with E-state index in [0.717, 1.165) is 44.2 Å². The first kappa shape index (κ1) is 28.0. The van der Waals surface area contributed by atoms with Crippen LogP contribution >= 0.6 is 0 Å². The van der Waals surface area contributed by atoms with E-state index in [-0.39, 0.29) is 23.9 Å². The van der Waals surface area contributed by atoms with E-state index in [1.54, 1.807) is 7.11 Å². The van der Waals surface area contributed by atoms with Gasteiger partial charge in [0.1, 0.15) is 5.75 Å². The van der Waals surface area contributed by atoms with Crippen molar-refractivity contribution in [2.45, 2.75) is 77.2 Å². The molecule has 7 heteroatoms. The fraction of sp³-hybridized carbons (Fsp3) is 0.593. The van der Waals surface area contributed by atoms with Crippen molar-refractivity contribution in [3.63, 3.8) is 0 Å². The Morgan fingerprint density at radius 2 is 1.94 bits per heavy atom. The third kappa shape index (κ3) is 9.92. The molecule has 1 aliphatic rings. The lowest BCUT2D eigenvalue weighted by molar-refractivity contribution is -0.147. The van der Waals surface area contributed by atoms with Gasteiger partial charge in [-0.1, -0.05) is 30.4 Å². The van der Waals surface area contributed by atoms with E-state index >= 15 is 0 Å². The number of alkyl halides is 3. The fourth-order valence-corrected chi connectivity index (χ4v) is 4.23. The van der Waals surface area contributed by atoms with E-state index in [9.17, 15) is 18.0 Å². The lowest BCUT2D eigenvalue weighted by Gasteiger charge is -2.20. The summed E-state index contributed by atoms with van der Waals surface area (Å²) >= 11 is 0. The molecule has 0 unspecified atom stereocenters. The van der Waals surface area contributed by atoms with Gasteiger partial charge in [0, 0.05) is 19.4 Å². The second-order valence-corrected chi connectivity index (χ2v) is 8.92. The molecule has 0 N–H and O–H groups in total. The molecule has 0 heterocycles. The topological polar surface area (TPSA) is 44.8 Å². The van der Waals surface area contributed by atoms with Gasteiger partial charge in [-0.3, -0.25) is 4.79 Å². The highest BCUT2D eigenvalue weighted by Crippen LogP contribution is 2.37. The van der Waals surface area contributed by atoms with Gasteiger partial charge in [0.25, 0.3) is 0 Å². The van der Waals surface area contributed by atoms with Crippen molar-refractivity contribution >= 4 is 5.97 Å². The predicted octanol–water partition coefficient (Wildman–Crippen LogP) is 7.14. The van der Waals surface area contributed by atoms with Gasteiger partial charge in [-0.2, -0.15) is 13.2 Å². The second kappa shape index (κ2) is 14.2. The zero-order valence-corrected chi connectivity index (χ0v) is 20.4. The molecule has 1 saturated carbocycles. The highest BCUT2D eigenvalue weighted by molar-refractivity contribution is 5.69. The van der Waals surface area contributed by atoms with E-state index < -0.39 is 11.7 Å². The number of benzene rings is 1. The van der Waals surface area contributed by atoms with Crippen molar-refractivity contribution in [1.29, 1.82) is 0 Å². The fourth-order valence-electron chi connectivity index (χ4n) is 4.23. The molecule has 1 aromatic rings. The number of unbranched alkanes of at least 4 members (excludes halogenated alkanes) is 1. The van der Waals surface area contributed by atoms with Crippen molar-refractivity contribution in [2.24, 2.45) is 11.8 Å². The van der Waals surface area contributed by atoms with Crippen molar-refractivity contribution in [2.75, 3.05) is 13.7 Å². The Bertz CT molecular complexity index is 801. The number of carbonyl (C=O) groups is 1. The first-order valence-corrected chi connectivity index (χ1v) is 12.0. The van der Waals surface area contributed by atoms with Crippen LogP contribution in [0.4, 0.5) is 13.2 Å². The predicted molar refractivity (Wildman–Crippen MR) is 127 cm³/mol. The molecular weight excluding hydrogens is 445 g/mol. The Morgan fingerprint density at radius 1 is 1.15 bits per heavy atom. The molecule has 0 aliphatic heterocycles. The maximum atomic E-state index is 12.8. The van der Waals surface area contributed by atoms with Gasteiger partial charge in [-0.25, -0.2) is 0 Å². The summed E-state index contributed by atoms with van der Waals surface area (Å²) in [6.07, 6.45) is 9.95. The number of hydrogen-bond acceptors (Lipinski definition) is 4. The Morgan fingerprint density at radius 3 is 2.65 bits per heavy atom. The number of carbonyl (C=O) groups excluding carboxylic acids is 1. The minimum atomic E-state index is -4.38. The largest absolute Gasteiger partial charge is 0.493 e. The van der Waals surface area contributed by atoms with Crippen LogP contribution in [0, 0.1) is 11.8 Å². The summed E-state index contributed by atoms with van der Waals surface area (Å²) in [6.45, 7) is 4.01. The van der Waals surface area contributed by atoms with Crippen LogP contribution < -0.4 is 4.74 Å². The zero-order chi connectivity index (χ0) is 25.0. The first-order valence-electron chi connectivity index (χ1n) is 12.0. The maximum Gasteiger partial charge on any atom is 0.416 e. The third-order valence-corrected chi connectivity index (χ3v) is 5.90. The second-order valence-electron chi connectivity index (χ2n) is 8.92. The average molecular weight is 483 g/mol. The van der Waals surface area contributed by atoms with Gasteiger partial charge in [0.05, 0.1) is 24.4 Å². The van der Waals surface area contributed by atoms with Crippen molar-refractivity contribution < 1.29 is 32.2 Å². The van der Waals surface area contributed by atoms with Gasteiger partial charge >= 0.3 is 12.1 Å². The minimum Gasteiger partial charge on any atom is -0.493 e. The number of halogens is 3. The van der Waals surface area contributed by atoms with Gasteiger partial charge in [0.15, 0.2) is 0 Å². The molecular formula is C27H37F3O4. The first-order chi connectivity index (χ1) is 16.2. The Kier molecular flexibility index (Phi) is 11.7. The Hall–Kier alpha value is -2.28. The summed E-state index contributed by atoms with van der Waals surface area (Å²) in [5.74, 6) is 0.848. The number of rotatable bonds is 13. The molecule has 1 aromatic carbocycles. The van der Waals surface area contributed by atoms with Gasteiger partial charge in [0.2, 0.25) is 0 Å². The van der Waals surface area contributed by atoms with Crippen LogP contribution in [0.25, 0.3) is 0 Å². The van der Waals surface area contributed by atoms with E-state index in [1.165, 1.54) is 12.1 Å². The summed E-state index contributed by atoms with van der Waals surface area (Å²) in [6, 6.07) is 4.95. The zero-order valence-electron chi connectivity index (χ0n) is 20.4. The molecule has 0 spiro atoms. The van der Waals surface area contributed by atoms with Crippen LogP contribution in [-0.2, 0) is 20.4 Å². The van der Waals surface area contributed by atoms with E-state index in [0.29, 0.717) is 31.3 Å². The van der Waals surface area contributed by atoms with E-state index in [2.05, 4.69) is 18.2 Å². The molecule has 0 aromatic heterocycles. The van der Waals surface area contributed by atoms with Crippen molar-refractivity contribution in [3.8, 4) is 5.75 Å². The van der Waals surface area contributed by atoms with Gasteiger partial charge in [-0.05, 0) is 76.5 Å². The molecule has 3 atom stereocenters. The Labute approximate surface area is 201 Å². The minimum absolute atomic E-state index is 0.0729. The maximum absolute atomic E-state index is 12.8. The van der Waals surface area contributed by atoms with Gasteiger partial charge < -0.3 is 14.2 Å². The molecule has 0 amide bonds. The molecule has 0 bridgehead atoms. The quantitative estimate of drug-likeness (QED) is 0.170. The lowest BCUT2D eigenvalue weighted by atomic mass is 9.91. The molecule has 4 nitrogen and oxygen atoms in total. The number of esters is 1. The molecule has 1 fully saturated rings. The number of allylic oxidation sites excluding steroid dienone is 2. The van der Waals surface area contributed by atoms with Crippen LogP contribution in [0.2, 0.25) is 0 Å². The van der Waals surface area contributed by atoms with Crippen molar-refractivity contribution in [3.05, 3.63) is 54.1 Å². The number of methoxy groups -OCH3 is 1. The van der Waals surface area contributed by atoms with Gasteiger partial charge in [-0.15, -0.1) is 0 Å². The SMILES string of the molecule is CO[C@@H]1CC[C@H](C/C=C\CCCC(=O)OC(C)C)[C@H]1/C=C/CCOc1cccc(C(F)(F)F)c1. The van der Waals surface area contributed by atoms with Crippen LogP contribution in [0.15, 0.2) is 48.6 Å². The molecule has 190 valence electrons. The number of hydrogen-bond donors (Lipinski definition) is 0. The molecule has 1 aliphatic carbocycles. The molecule has 0 saturated heterocycles. The summed E-state index contributed by atoms with van der Waals surface area (Å²) in [5.41, 5.74) is -0.708. The highest BCUT2D eigenvalue weighted by atomic mass is 19.4. The summed E-state index contributed by atoms with van der Waals surface area (Å²) in [4.78, 5) is 11.6. The average Bonchev–Trinajstić information content (AvgIpc) is 3.16. The normalized spacial score (nSPS) is 21.1. The van der Waals surface area contributed by atoms with Crippen LogP contribution in [0.5, 0.6) is 5.75 Å². The summed E-state index contributed by atoms with van der Waals surface area (Å²) < 4.78 is 54.7. The molecule has 2 rings (SSSR count). The monoisotopic (exact) mass is 482 g/mol. The lowest BCUT2D eigenvalue weighted by Crippen LogP contribution is -2.19.